The molecule has 0 aliphatic carbocycles. The van der Waals surface area contributed by atoms with E-state index >= 15 is 0 Å². The third kappa shape index (κ3) is 4.82. The Bertz CT molecular complexity index is 699. The van der Waals surface area contributed by atoms with Gasteiger partial charge in [0.05, 0.1) is 30.2 Å². The molecule has 0 saturated heterocycles. The van der Waals surface area contributed by atoms with E-state index in [1.54, 1.807) is 18.2 Å². The summed E-state index contributed by atoms with van der Waals surface area (Å²) in [6, 6.07) is 7.88. The van der Waals surface area contributed by atoms with Gasteiger partial charge in [-0.25, -0.2) is 0 Å². The molecule has 7 nitrogen and oxygen atoms in total. The van der Waals surface area contributed by atoms with Crippen LogP contribution in [0.25, 0.3) is 0 Å². The summed E-state index contributed by atoms with van der Waals surface area (Å²) in [5, 5.41) is 5.78. The molecule has 0 aliphatic heterocycles. The number of nitrogens with two attached hydrogens (primary N) is 1. The van der Waals surface area contributed by atoms with Crippen LogP contribution in [0.4, 0.5) is 11.4 Å². The van der Waals surface area contributed by atoms with Crippen molar-refractivity contribution in [2.45, 2.75) is 12.5 Å². The average molecular weight is 352 g/mol. The second kappa shape index (κ2) is 8.49. The van der Waals surface area contributed by atoms with Crippen molar-refractivity contribution in [3.8, 4) is 0 Å². The molecule has 1 aromatic carbocycles. The van der Waals surface area contributed by atoms with E-state index in [9.17, 15) is 9.59 Å². The minimum Gasteiger partial charge on any atom is -0.459 e. The second-order valence-electron chi connectivity index (χ2n) is 4.97. The number of benzene rings is 1. The molecule has 0 fully saturated rings. The zero-order chi connectivity index (χ0) is 17.5. The predicted octanol–water partition coefficient (Wildman–Crippen LogP) is 2.49. The van der Waals surface area contributed by atoms with Crippen LogP contribution in [0.1, 0.15) is 17.0 Å². The molecule has 2 rings (SSSR count). The number of anilines is 2. The van der Waals surface area contributed by atoms with Gasteiger partial charge in [0, 0.05) is 18.7 Å². The summed E-state index contributed by atoms with van der Waals surface area (Å²) < 4.78 is 10.1. The average Bonchev–Trinajstić information content (AvgIpc) is 3.09. The van der Waals surface area contributed by atoms with Crippen molar-refractivity contribution >= 4 is 34.8 Å². The highest BCUT2D eigenvalue weighted by Gasteiger charge is 2.16. The van der Waals surface area contributed by atoms with Gasteiger partial charge in [0.2, 0.25) is 5.91 Å². The molecule has 128 valence electrons. The fraction of sp³-hybridized carbons (Fsp3) is 0.250. The predicted molar refractivity (Wildman–Crippen MR) is 91.2 cm³/mol. The molecule has 0 spiro atoms. The van der Waals surface area contributed by atoms with E-state index in [0.29, 0.717) is 16.4 Å². The second-order valence-corrected chi connectivity index (χ2v) is 5.40. The minimum absolute atomic E-state index is 0.0984. The van der Waals surface area contributed by atoms with E-state index < -0.39 is 5.91 Å². The third-order valence-electron chi connectivity index (χ3n) is 3.26. The lowest BCUT2D eigenvalue weighted by molar-refractivity contribution is -0.118. The van der Waals surface area contributed by atoms with Crippen LogP contribution in [0.3, 0.4) is 0 Å². The Morgan fingerprint density at radius 1 is 1.29 bits per heavy atom. The normalized spacial score (nSPS) is 11.8. The van der Waals surface area contributed by atoms with E-state index in [2.05, 4.69) is 10.6 Å². The number of carbonyl (C=O) groups excluding carboxylic acids is 2. The summed E-state index contributed by atoms with van der Waals surface area (Å²) in [5.74, 6) is -0.590. The van der Waals surface area contributed by atoms with Gasteiger partial charge in [-0.1, -0.05) is 11.6 Å². The van der Waals surface area contributed by atoms with Crippen molar-refractivity contribution < 1.29 is 18.7 Å². The van der Waals surface area contributed by atoms with Gasteiger partial charge in [-0.15, -0.1) is 0 Å². The van der Waals surface area contributed by atoms with Gasteiger partial charge in [0.25, 0.3) is 5.91 Å². The third-order valence-corrected chi connectivity index (χ3v) is 3.49. The summed E-state index contributed by atoms with van der Waals surface area (Å²) in [4.78, 5) is 24.2. The van der Waals surface area contributed by atoms with Crippen molar-refractivity contribution in [2.24, 2.45) is 5.73 Å². The first-order valence-electron chi connectivity index (χ1n) is 7.20. The first-order valence-corrected chi connectivity index (χ1v) is 7.58. The molecule has 0 bridgehead atoms. The molecular formula is C16H18ClN3O4. The molecule has 1 aromatic heterocycles. The molecule has 1 unspecified atom stereocenters. The highest BCUT2D eigenvalue weighted by atomic mass is 35.5. The molecule has 1 atom stereocenters. The Balaban J connectivity index is 2.12. The zero-order valence-electron chi connectivity index (χ0n) is 13.0. The summed E-state index contributed by atoms with van der Waals surface area (Å²) in [6.45, 7) is 0.229. The van der Waals surface area contributed by atoms with Gasteiger partial charge in [0.15, 0.2) is 5.76 Å². The Morgan fingerprint density at radius 2 is 2.08 bits per heavy atom. The van der Waals surface area contributed by atoms with Crippen LogP contribution in [0.15, 0.2) is 41.0 Å². The number of halogens is 1. The highest BCUT2D eigenvalue weighted by Crippen LogP contribution is 2.26. The van der Waals surface area contributed by atoms with Gasteiger partial charge in [-0.05, 0) is 30.3 Å². The van der Waals surface area contributed by atoms with E-state index in [4.69, 9.17) is 26.5 Å². The summed E-state index contributed by atoms with van der Waals surface area (Å²) >= 11 is 5.97. The molecule has 4 N–H and O–H groups in total. The van der Waals surface area contributed by atoms with Crippen LogP contribution < -0.4 is 16.4 Å². The lowest BCUT2D eigenvalue weighted by Gasteiger charge is -2.15. The highest BCUT2D eigenvalue weighted by molar-refractivity contribution is 6.31. The van der Waals surface area contributed by atoms with Crippen molar-refractivity contribution in [2.75, 3.05) is 24.3 Å². The zero-order valence-corrected chi connectivity index (χ0v) is 13.8. The Hall–Kier alpha value is -2.35. The number of rotatable bonds is 7. The fourth-order valence-electron chi connectivity index (χ4n) is 1.99. The molecule has 2 amide bonds. The number of hydrogen-bond donors (Lipinski definition) is 3. The number of carbonyl (C=O) groups is 2. The molecule has 24 heavy (non-hydrogen) atoms. The number of methoxy groups -OCH3 is 1. The lowest BCUT2D eigenvalue weighted by atomic mass is 10.2. The Morgan fingerprint density at radius 3 is 2.71 bits per heavy atom. The molecule has 1 heterocycles. The van der Waals surface area contributed by atoms with Crippen molar-refractivity contribution in [3.63, 3.8) is 0 Å². The summed E-state index contributed by atoms with van der Waals surface area (Å²) in [5.41, 5.74) is 6.28. The van der Waals surface area contributed by atoms with Gasteiger partial charge in [-0.3, -0.25) is 9.59 Å². The van der Waals surface area contributed by atoms with Crippen LogP contribution in [0, 0.1) is 0 Å². The van der Waals surface area contributed by atoms with Crippen LogP contribution in [-0.4, -0.2) is 31.6 Å². The van der Waals surface area contributed by atoms with E-state index in [1.165, 1.54) is 25.5 Å². The Labute approximate surface area is 144 Å². The summed E-state index contributed by atoms with van der Waals surface area (Å²) in [6.07, 6.45) is 1.12. The van der Waals surface area contributed by atoms with Crippen molar-refractivity contribution in [1.29, 1.82) is 0 Å². The van der Waals surface area contributed by atoms with Crippen LogP contribution in [0.5, 0.6) is 0 Å². The van der Waals surface area contributed by atoms with Crippen LogP contribution >= 0.6 is 11.6 Å². The maximum atomic E-state index is 12.1. The molecule has 0 radical (unpaired) electrons. The molecular weight excluding hydrogens is 334 g/mol. The maximum absolute atomic E-state index is 12.1. The topological polar surface area (TPSA) is 107 Å². The van der Waals surface area contributed by atoms with E-state index in [-0.39, 0.29) is 30.7 Å². The van der Waals surface area contributed by atoms with Crippen LogP contribution in [-0.2, 0) is 9.53 Å². The van der Waals surface area contributed by atoms with E-state index in [1.807, 2.05) is 0 Å². The first kappa shape index (κ1) is 18.0. The number of hydrogen-bond acceptors (Lipinski definition) is 5. The largest absolute Gasteiger partial charge is 0.459 e. The van der Waals surface area contributed by atoms with Crippen LogP contribution in [0.2, 0.25) is 5.02 Å². The molecule has 0 aliphatic rings. The van der Waals surface area contributed by atoms with Gasteiger partial charge in [-0.2, -0.15) is 0 Å². The van der Waals surface area contributed by atoms with E-state index in [0.717, 1.165) is 0 Å². The fourth-order valence-corrected chi connectivity index (χ4v) is 2.16. The van der Waals surface area contributed by atoms with Gasteiger partial charge >= 0.3 is 0 Å². The number of furan rings is 1. The lowest BCUT2D eigenvalue weighted by Crippen LogP contribution is -2.28. The molecule has 2 aromatic rings. The van der Waals surface area contributed by atoms with Gasteiger partial charge in [0.1, 0.15) is 0 Å². The SMILES string of the molecule is COC(CN)CC(=O)Nc1ccc(Cl)cc1NC(=O)c1ccco1. The maximum Gasteiger partial charge on any atom is 0.291 e. The van der Waals surface area contributed by atoms with Crippen molar-refractivity contribution in [1.82, 2.24) is 0 Å². The first-order chi connectivity index (χ1) is 11.5. The van der Waals surface area contributed by atoms with Gasteiger partial charge < -0.3 is 25.5 Å². The quantitative estimate of drug-likeness (QED) is 0.710. The monoisotopic (exact) mass is 351 g/mol. The number of amides is 2. The Kier molecular flexibility index (Phi) is 6.36. The molecule has 8 heteroatoms. The van der Waals surface area contributed by atoms with Crippen molar-refractivity contribution in [3.05, 3.63) is 47.4 Å². The molecule has 0 saturated carbocycles. The standard InChI is InChI=1S/C16H18ClN3O4/c1-23-11(9-18)8-15(21)19-12-5-4-10(17)7-13(12)20-16(22)14-3-2-6-24-14/h2-7,11H,8-9,18H2,1H3,(H,19,21)(H,20,22). The number of ether oxygens (including phenoxy) is 1. The number of nitrogens with one attached hydrogen (secondary N) is 2. The minimum atomic E-state index is -0.450. The summed E-state index contributed by atoms with van der Waals surface area (Å²) in [7, 11) is 1.49. The smallest absolute Gasteiger partial charge is 0.291 e.